The molecule has 1 heterocycles. The molecule has 0 aliphatic heterocycles. The minimum Gasteiger partial charge on any atom is -0.466 e. The van der Waals surface area contributed by atoms with Crippen molar-refractivity contribution in [3.63, 3.8) is 0 Å². The van der Waals surface area contributed by atoms with Crippen LogP contribution in [0, 0.1) is 3.95 Å². The van der Waals surface area contributed by atoms with Crippen LogP contribution in [0.2, 0.25) is 0 Å². The zero-order valence-electron chi connectivity index (χ0n) is 9.02. The number of aromatic amines is 1. The lowest BCUT2D eigenvalue weighted by atomic mass is 10.4. The molecule has 0 atom stereocenters. The SMILES string of the molecule is CCCCOC(=O)CCSc1n[nH]c(=S)s1. The zero-order valence-corrected chi connectivity index (χ0v) is 11.5. The maximum Gasteiger partial charge on any atom is 0.306 e. The number of hydrogen-bond donors (Lipinski definition) is 1. The van der Waals surface area contributed by atoms with E-state index in [1.807, 2.05) is 0 Å². The number of rotatable bonds is 7. The maximum atomic E-state index is 11.2. The van der Waals surface area contributed by atoms with E-state index in [1.54, 1.807) is 0 Å². The zero-order chi connectivity index (χ0) is 11.8. The van der Waals surface area contributed by atoms with Crippen molar-refractivity contribution in [2.24, 2.45) is 0 Å². The second-order valence-electron chi connectivity index (χ2n) is 3.05. The molecule has 1 aromatic rings. The highest BCUT2D eigenvalue weighted by atomic mass is 32.2. The molecule has 0 fully saturated rings. The van der Waals surface area contributed by atoms with Gasteiger partial charge in [-0.1, -0.05) is 36.4 Å². The molecule has 0 amide bonds. The number of ether oxygens (including phenoxy) is 1. The molecule has 90 valence electrons. The van der Waals surface area contributed by atoms with Gasteiger partial charge in [-0.3, -0.25) is 9.89 Å². The molecule has 0 aliphatic carbocycles. The van der Waals surface area contributed by atoms with Gasteiger partial charge >= 0.3 is 5.97 Å². The normalized spacial score (nSPS) is 10.3. The minimum absolute atomic E-state index is 0.139. The van der Waals surface area contributed by atoms with E-state index in [-0.39, 0.29) is 5.97 Å². The van der Waals surface area contributed by atoms with Gasteiger partial charge in [-0.25, -0.2) is 0 Å². The predicted octanol–water partition coefficient (Wildman–Crippen LogP) is 3.03. The van der Waals surface area contributed by atoms with Crippen molar-refractivity contribution in [1.29, 1.82) is 0 Å². The summed E-state index contributed by atoms with van der Waals surface area (Å²) in [5, 5.41) is 6.68. The van der Waals surface area contributed by atoms with Gasteiger partial charge in [0.25, 0.3) is 0 Å². The highest BCUT2D eigenvalue weighted by Gasteiger charge is 2.04. The number of unbranched alkanes of at least 4 members (excludes halogenated alkanes) is 1. The van der Waals surface area contributed by atoms with Crippen molar-refractivity contribution in [2.75, 3.05) is 12.4 Å². The number of H-pyrrole nitrogens is 1. The molecule has 0 spiro atoms. The highest BCUT2D eigenvalue weighted by molar-refractivity contribution is 8.01. The van der Waals surface area contributed by atoms with Crippen LogP contribution in [0.25, 0.3) is 0 Å². The first-order chi connectivity index (χ1) is 7.72. The summed E-state index contributed by atoms with van der Waals surface area (Å²) >= 11 is 7.84. The molecular formula is C9H14N2O2S3. The molecular weight excluding hydrogens is 264 g/mol. The first kappa shape index (κ1) is 13.7. The number of aromatic nitrogens is 2. The van der Waals surface area contributed by atoms with Crippen LogP contribution in [0.15, 0.2) is 4.34 Å². The Morgan fingerprint density at radius 3 is 3.12 bits per heavy atom. The molecule has 0 unspecified atom stereocenters. The Balaban J connectivity index is 2.11. The number of nitrogens with zero attached hydrogens (tertiary/aromatic N) is 1. The summed E-state index contributed by atoms with van der Waals surface area (Å²) in [7, 11) is 0. The van der Waals surface area contributed by atoms with Gasteiger partial charge in [0, 0.05) is 5.75 Å². The van der Waals surface area contributed by atoms with Crippen molar-refractivity contribution >= 4 is 41.3 Å². The number of esters is 1. The summed E-state index contributed by atoms with van der Waals surface area (Å²) in [5.74, 6) is 0.543. The maximum absolute atomic E-state index is 11.2. The summed E-state index contributed by atoms with van der Waals surface area (Å²) in [6.07, 6.45) is 2.39. The van der Waals surface area contributed by atoms with Crippen molar-refractivity contribution in [3.05, 3.63) is 3.95 Å². The molecule has 1 rings (SSSR count). The fourth-order valence-electron chi connectivity index (χ4n) is 0.902. The lowest BCUT2D eigenvalue weighted by Crippen LogP contribution is -2.06. The largest absolute Gasteiger partial charge is 0.466 e. The molecule has 0 aliphatic rings. The molecule has 0 bridgehead atoms. The highest BCUT2D eigenvalue weighted by Crippen LogP contribution is 2.20. The number of nitrogens with one attached hydrogen (secondary N) is 1. The fraction of sp³-hybridized carbons (Fsp3) is 0.667. The van der Waals surface area contributed by atoms with Crippen LogP contribution < -0.4 is 0 Å². The van der Waals surface area contributed by atoms with Gasteiger partial charge in [-0.15, -0.1) is 0 Å². The van der Waals surface area contributed by atoms with E-state index in [0.717, 1.165) is 17.2 Å². The Bertz CT molecular complexity index is 375. The predicted molar refractivity (Wildman–Crippen MR) is 68.5 cm³/mol. The topological polar surface area (TPSA) is 55.0 Å². The van der Waals surface area contributed by atoms with Crippen LogP contribution >= 0.6 is 35.3 Å². The Hall–Kier alpha value is -0.400. The molecule has 0 radical (unpaired) electrons. The average molecular weight is 278 g/mol. The average Bonchev–Trinajstić information content (AvgIpc) is 2.65. The summed E-state index contributed by atoms with van der Waals surface area (Å²) < 4.78 is 6.56. The number of carbonyl (C=O) groups is 1. The van der Waals surface area contributed by atoms with E-state index in [9.17, 15) is 4.79 Å². The Labute approximate surface area is 108 Å². The van der Waals surface area contributed by atoms with Crippen molar-refractivity contribution in [1.82, 2.24) is 10.2 Å². The van der Waals surface area contributed by atoms with Crippen molar-refractivity contribution < 1.29 is 9.53 Å². The fourth-order valence-corrected chi connectivity index (χ4v) is 2.97. The molecule has 7 heteroatoms. The van der Waals surface area contributed by atoms with Crippen LogP contribution in [0.5, 0.6) is 0 Å². The van der Waals surface area contributed by atoms with E-state index >= 15 is 0 Å². The molecule has 4 nitrogen and oxygen atoms in total. The van der Waals surface area contributed by atoms with Crippen LogP contribution in [0.4, 0.5) is 0 Å². The third kappa shape index (κ3) is 5.62. The molecule has 0 aromatic carbocycles. The Morgan fingerprint density at radius 2 is 2.50 bits per heavy atom. The van der Waals surface area contributed by atoms with E-state index in [2.05, 4.69) is 17.1 Å². The van der Waals surface area contributed by atoms with Crippen LogP contribution in [-0.4, -0.2) is 28.5 Å². The van der Waals surface area contributed by atoms with Crippen LogP contribution in [0.1, 0.15) is 26.2 Å². The molecule has 0 saturated carbocycles. The van der Waals surface area contributed by atoms with Gasteiger partial charge in [0.2, 0.25) is 0 Å². The van der Waals surface area contributed by atoms with Gasteiger partial charge in [0.15, 0.2) is 8.29 Å². The Morgan fingerprint density at radius 1 is 1.69 bits per heavy atom. The molecule has 1 aromatic heterocycles. The summed E-state index contributed by atoms with van der Waals surface area (Å²) in [6.45, 7) is 2.59. The van der Waals surface area contributed by atoms with Gasteiger partial charge in [-0.2, -0.15) is 5.10 Å². The van der Waals surface area contributed by atoms with Gasteiger partial charge in [-0.05, 0) is 18.6 Å². The minimum atomic E-state index is -0.139. The lowest BCUT2D eigenvalue weighted by molar-refractivity contribution is -0.143. The van der Waals surface area contributed by atoms with Crippen LogP contribution in [-0.2, 0) is 9.53 Å². The quantitative estimate of drug-likeness (QED) is 0.359. The number of carbonyl (C=O) groups excluding carboxylic acids is 1. The second-order valence-corrected chi connectivity index (χ2v) is 6.06. The molecule has 1 N–H and O–H groups in total. The lowest BCUT2D eigenvalue weighted by Gasteiger charge is -2.02. The Kier molecular flexibility index (Phi) is 6.67. The third-order valence-electron chi connectivity index (χ3n) is 1.71. The first-order valence-corrected chi connectivity index (χ1v) is 7.27. The summed E-state index contributed by atoms with van der Waals surface area (Å²) in [5.41, 5.74) is 0. The van der Waals surface area contributed by atoms with Gasteiger partial charge < -0.3 is 4.74 Å². The molecule has 0 saturated heterocycles. The smallest absolute Gasteiger partial charge is 0.306 e. The van der Waals surface area contributed by atoms with Crippen molar-refractivity contribution in [2.45, 2.75) is 30.5 Å². The van der Waals surface area contributed by atoms with E-state index in [4.69, 9.17) is 17.0 Å². The van der Waals surface area contributed by atoms with Crippen LogP contribution in [0.3, 0.4) is 0 Å². The summed E-state index contributed by atoms with van der Waals surface area (Å²) in [6, 6.07) is 0. The molecule has 16 heavy (non-hydrogen) atoms. The first-order valence-electron chi connectivity index (χ1n) is 5.06. The standard InChI is InChI=1S/C9H14N2O2S3/c1-2-3-5-13-7(12)4-6-15-9-11-10-8(14)16-9/h2-6H2,1H3,(H,10,14). The second kappa shape index (κ2) is 7.81. The number of hydrogen-bond acceptors (Lipinski definition) is 6. The van der Waals surface area contributed by atoms with E-state index in [1.165, 1.54) is 23.1 Å². The number of thioether (sulfide) groups is 1. The monoisotopic (exact) mass is 278 g/mol. The van der Waals surface area contributed by atoms with E-state index < -0.39 is 0 Å². The van der Waals surface area contributed by atoms with Crippen molar-refractivity contribution in [3.8, 4) is 0 Å². The van der Waals surface area contributed by atoms with Gasteiger partial charge in [0.05, 0.1) is 13.0 Å². The third-order valence-corrected chi connectivity index (χ3v) is 3.95. The van der Waals surface area contributed by atoms with Gasteiger partial charge in [0.1, 0.15) is 0 Å². The summed E-state index contributed by atoms with van der Waals surface area (Å²) in [4.78, 5) is 11.2. The van der Waals surface area contributed by atoms with E-state index in [0.29, 0.717) is 22.7 Å².